The molecule has 118 valence electrons. The van der Waals surface area contributed by atoms with Crippen LogP contribution in [0, 0.1) is 0 Å². The monoisotopic (exact) mass is 311 g/mol. The lowest BCUT2D eigenvalue weighted by atomic mass is 9.89. The van der Waals surface area contributed by atoms with Gasteiger partial charge in [-0.25, -0.2) is 4.98 Å². The zero-order valence-corrected chi connectivity index (χ0v) is 13.9. The zero-order chi connectivity index (χ0) is 15.5. The summed E-state index contributed by atoms with van der Waals surface area (Å²) in [5.74, 6) is 0.0811. The molecule has 0 aromatic carbocycles. The highest BCUT2D eigenvalue weighted by atomic mass is 32.1. The van der Waals surface area contributed by atoms with Crippen molar-refractivity contribution < 1.29 is 9.90 Å². The highest BCUT2D eigenvalue weighted by Gasteiger charge is 2.36. The normalized spacial score (nSPS) is 18.2. The van der Waals surface area contributed by atoms with Crippen molar-refractivity contribution in [3.8, 4) is 0 Å². The van der Waals surface area contributed by atoms with Crippen molar-refractivity contribution in [2.24, 2.45) is 0 Å². The Bertz CT molecular complexity index is 477. The van der Waals surface area contributed by atoms with Gasteiger partial charge in [0.05, 0.1) is 12.2 Å². The first-order chi connectivity index (χ1) is 9.98. The molecule has 0 radical (unpaired) electrons. The molecule has 21 heavy (non-hydrogen) atoms. The Balaban J connectivity index is 2.02. The molecule has 1 saturated heterocycles. The highest BCUT2D eigenvalue weighted by molar-refractivity contribution is 7.09. The van der Waals surface area contributed by atoms with Crippen molar-refractivity contribution in [1.82, 2.24) is 14.8 Å². The molecule has 5 nitrogen and oxygen atoms in total. The molecule has 2 heterocycles. The average Bonchev–Trinajstić information content (AvgIpc) is 2.94. The summed E-state index contributed by atoms with van der Waals surface area (Å²) in [6, 6.07) is 0. The number of piperidine rings is 1. The van der Waals surface area contributed by atoms with Crippen molar-refractivity contribution in [1.29, 1.82) is 0 Å². The number of aliphatic hydroxyl groups is 1. The van der Waals surface area contributed by atoms with Crippen LogP contribution in [-0.4, -0.2) is 52.0 Å². The molecule has 2 rings (SSSR count). The van der Waals surface area contributed by atoms with Crippen LogP contribution in [0.2, 0.25) is 0 Å². The van der Waals surface area contributed by atoms with E-state index < -0.39 is 5.60 Å². The van der Waals surface area contributed by atoms with Crippen molar-refractivity contribution in [3.63, 3.8) is 0 Å². The van der Waals surface area contributed by atoms with Crippen LogP contribution in [0.25, 0.3) is 0 Å². The van der Waals surface area contributed by atoms with E-state index in [1.165, 1.54) is 0 Å². The second-order valence-electron chi connectivity index (χ2n) is 5.63. The van der Waals surface area contributed by atoms with Gasteiger partial charge in [0.2, 0.25) is 5.91 Å². The summed E-state index contributed by atoms with van der Waals surface area (Å²) in [6.07, 6.45) is 1.14. The average molecular weight is 311 g/mol. The standard InChI is InChI=1S/C15H25N3O2S/c1-4-17(5-2)10-14-16-13(11-21-14)15(20)6-8-18(9-7-15)12(3)19/h11,20H,4-10H2,1-3H3. The summed E-state index contributed by atoms with van der Waals surface area (Å²) in [6.45, 7) is 9.92. The van der Waals surface area contributed by atoms with Crippen LogP contribution < -0.4 is 0 Å². The summed E-state index contributed by atoms with van der Waals surface area (Å²) in [4.78, 5) is 20.1. The predicted molar refractivity (Wildman–Crippen MR) is 84.1 cm³/mol. The Morgan fingerprint density at radius 2 is 2.05 bits per heavy atom. The van der Waals surface area contributed by atoms with E-state index in [0.29, 0.717) is 25.9 Å². The fourth-order valence-electron chi connectivity index (χ4n) is 2.68. The first-order valence-corrected chi connectivity index (χ1v) is 8.51. The predicted octanol–water partition coefficient (Wildman–Crippen LogP) is 1.81. The third-order valence-corrected chi connectivity index (χ3v) is 5.15. The van der Waals surface area contributed by atoms with Gasteiger partial charge in [-0.3, -0.25) is 9.69 Å². The molecule has 0 atom stereocenters. The smallest absolute Gasteiger partial charge is 0.219 e. The Morgan fingerprint density at radius 3 is 2.57 bits per heavy atom. The summed E-state index contributed by atoms with van der Waals surface area (Å²) in [5, 5.41) is 13.8. The van der Waals surface area contributed by atoms with Crippen molar-refractivity contribution in [2.75, 3.05) is 26.2 Å². The van der Waals surface area contributed by atoms with Gasteiger partial charge in [0, 0.05) is 25.4 Å². The van der Waals surface area contributed by atoms with Crippen LogP contribution in [0.15, 0.2) is 5.38 Å². The van der Waals surface area contributed by atoms with Crippen LogP contribution in [0.4, 0.5) is 0 Å². The second-order valence-corrected chi connectivity index (χ2v) is 6.57. The minimum absolute atomic E-state index is 0.0811. The van der Waals surface area contributed by atoms with Crippen molar-refractivity contribution in [3.05, 3.63) is 16.1 Å². The second kappa shape index (κ2) is 6.85. The Hall–Kier alpha value is -0.980. The molecule has 1 N–H and O–H groups in total. The molecule has 1 amide bonds. The number of carbonyl (C=O) groups excluding carboxylic acids is 1. The van der Waals surface area contributed by atoms with Gasteiger partial charge in [-0.15, -0.1) is 11.3 Å². The zero-order valence-electron chi connectivity index (χ0n) is 13.1. The Labute approximate surface area is 130 Å². The molecule has 0 aliphatic carbocycles. The van der Waals surface area contributed by atoms with E-state index in [9.17, 15) is 9.90 Å². The van der Waals surface area contributed by atoms with Crippen molar-refractivity contribution in [2.45, 2.75) is 45.8 Å². The number of likely N-dealkylation sites (tertiary alicyclic amines) is 1. The van der Waals surface area contributed by atoms with E-state index in [4.69, 9.17) is 0 Å². The fourth-order valence-corrected chi connectivity index (χ4v) is 3.61. The maximum Gasteiger partial charge on any atom is 0.219 e. The van der Waals surface area contributed by atoms with Gasteiger partial charge in [0.25, 0.3) is 0 Å². The van der Waals surface area contributed by atoms with E-state index in [0.717, 1.165) is 30.3 Å². The molecule has 1 aliphatic heterocycles. The molecule has 0 bridgehead atoms. The van der Waals surface area contributed by atoms with E-state index in [2.05, 4.69) is 23.7 Å². The third-order valence-electron chi connectivity index (χ3n) is 4.32. The molecule has 1 fully saturated rings. The number of thiazole rings is 1. The van der Waals surface area contributed by atoms with E-state index >= 15 is 0 Å². The number of hydrogen-bond donors (Lipinski definition) is 1. The lowest BCUT2D eigenvalue weighted by Gasteiger charge is -2.36. The fraction of sp³-hybridized carbons (Fsp3) is 0.733. The van der Waals surface area contributed by atoms with E-state index in [-0.39, 0.29) is 5.91 Å². The number of aromatic nitrogens is 1. The minimum atomic E-state index is -0.871. The molecule has 1 aromatic rings. The molecule has 1 aliphatic rings. The van der Waals surface area contributed by atoms with Gasteiger partial charge in [-0.1, -0.05) is 13.8 Å². The number of rotatable bonds is 5. The molecule has 1 aromatic heterocycles. The Kier molecular flexibility index (Phi) is 5.35. The van der Waals surface area contributed by atoms with Crippen LogP contribution in [0.5, 0.6) is 0 Å². The van der Waals surface area contributed by atoms with Gasteiger partial charge in [0.15, 0.2) is 0 Å². The lowest BCUT2D eigenvalue weighted by molar-refractivity contribution is -0.133. The molecule has 0 spiro atoms. The van der Waals surface area contributed by atoms with E-state index in [1.807, 2.05) is 5.38 Å². The molecular formula is C15H25N3O2S. The quantitative estimate of drug-likeness (QED) is 0.901. The van der Waals surface area contributed by atoms with E-state index in [1.54, 1.807) is 23.2 Å². The molecular weight excluding hydrogens is 286 g/mol. The first-order valence-electron chi connectivity index (χ1n) is 7.63. The first kappa shape index (κ1) is 16.4. The van der Waals surface area contributed by atoms with Crippen molar-refractivity contribution >= 4 is 17.2 Å². The van der Waals surface area contributed by atoms with Crippen LogP contribution in [-0.2, 0) is 16.9 Å². The van der Waals surface area contributed by atoms with Gasteiger partial charge in [-0.2, -0.15) is 0 Å². The van der Waals surface area contributed by atoms with Crippen LogP contribution >= 0.6 is 11.3 Å². The summed E-state index contributed by atoms with van der Waals surface area (Å²) < 4.78 is 0. The lowest BCUT2D eigenvalue weighted by Crippen LogP contribution is -2.44. The number of hydrogen-bond acceptors (Lipinski definition) is 5. The Morgan fingerprint density at radius 1 is 1.43 bits per heavy atom. The number of amides is 1. The maximum absolute atomic E-state index is 11.4. The third kappa shape index (κ3) is 3.81. The summed E-state index contributed by atoms with van der Waals surface area (Å²) in [5.41, 5.74) is -0.0953. The molecule has 0 unspecified atom stereocenters. The number of carbonyl (C=O) groups is 1. The van der Waals surface area contributed by atoms with Gasteiger partial charge in [0.1, 0.15) is 10.6 Å². The number of nitrogens with zero attached hydrogens (tertiary/aromatic N) is 3. The topological polar surface area (TPSA) is 56.7 Å². The summed E-state index contributed by atoms with van der Waals surface area (Å²) >= 11 is 1.61. The maximum atomic E-state index is 11.4. The molecule has 0 saturated carbocycles. The minimum Gasteiger partial charge on any atom is -0.383 e. The summed E-state index contributed by atoms with van der Waals surface area (Å²) in [7, 11) is 0. The van der Waals surface area contributed by atoms with Gasteiger partial charge >= 0.3 is 0 Å². The molecule has 6 heteroatoms. The highest BCUT2D eigenvalue weighted by Crippen LogP contribution is 2.33. The SMILES string of the molecule is CCN(CC)Cc1nc(C2(O)CCN(C(C)=O)CC2)cs1. The largest absolute Gasteiger partial charge is 0.383 e. The van der Waals surface area contributed by atoms with Gasteiger partial charge in [-0.05, 0) is 25.9 Å². The van der Waals surface area contributed by atoms with Crippen LogP contribution in [0.1, 0.15) is 44.3 Å². The van der Waals surface area contributed by atoms with Gasteiger partial charge < -0.3 is 10.0 Å². The van der Waals surface area contributed by atoms with Crippen LogP contribution in [0.3, 0.4) is 0 Å².